The molecular formula is C17H27ClN2O4. The lowest BCUT2D eigenvalue weighted by molar-refractivity contribution is 0.0665. The molecule has 1 saturated heterocycles. The molecule has 1 amide bonds. The molecule has 1 aromatic rings. The van der Waals surface area contributed by atoms with Crippen LogP contribution < -0.4 is 19.9 Å². The van der Waals surface area contributed by atoms with Gasteiger partial charge >= 0.3 is 0 Å². The van der Waals surface area contributed by atoms with Crippen molar-refractivity contribution in [1.29, 1.82) is 0 Å². The number of amides is 1. The number of nitrogens with two attached hydrogens (primary N) is 1. The molecule has 1 unspecified atom stereocenters. The van der Waals surface area contributed by atoms with E-state index in [1.54, 1.807) is 19.2 Å². The van der Waals surface area contributed by atoms with Gasteiger partial charge in [0.15, 0.2) is 11.5 Å². The minimum Gasteiger partial charge on any atom is -0.493 e. The highest BCUT2D eigenvalue weighted by atomic mass is 35.5. The largest absolute Gasteiger partial charge is 0.493 e. The fraction of sp³-hybridized carbons (Fsp3) is 0.588. The molecule has 7 heteroatoms. The zero-order valence-electron chi connectivity index (χ0n) is 14.5. The number of methoxy groups -OCH3 is 3. The zero-order valence-corrected chi connectivity index (χ0v) is 15.4. The number of nitrogens with zero attached hydrogens (tertiary/aromatic N) is 1. The molecule has 136 valence electrons. The van der Waals surface area contributed by atoms with Crippen LogP contribution in [0.2, 0.25) is 0 Å². The summed E-state index contributed by atoms with van der Waals surface area (Å²) in [6.07, 6.45) is 3.09. The Hall–Kier alpha value is -1.66. The minimum atomic E-state index is -0.0375. The first kappa shape index (κ1) is 20.4. The van der Waals surface area contributed by atoms with E-state index in [1.807, 2.05) is 4.90 Å². The molecule has 1 fully saturated rings. The maximum atomic E-state index is 12.9. The van der Waals surface area contributed by atoms with Crippen molar-refractivity contribution in [2.75, 3.05) is 41.0 Å². The van der Waals surface area contributed by atoms with E-state index in [2.05, 4.69) is 0 Å². The first-order valence-electron chi connectivity index (χ1n) is 7.94. The van der Waals surface area contributed by atoms with E-state index in [4.69, 9.17) is 19.9 Å². The lowest BCUT2D eigenvalue weighted by Gasteiger charge is -2.33. The van der Waals surface area contributed by atoms with Crippen molar-refractivity contribution < 1.29 is 19.0 Å². The van der Waals surface area contributed by atoms with Crippen molar-refractivity contribution in [2.45, 2.75) is 19.3 Å². The van der Waals surface area contributed by atoms with Gasteiger partial charge < -0.3 is 24.8 Å². The van der Waals surface area contributed by atoms with Crippen LogP contribution >= 0.6 is 12.4 Å². The Kier molecular flexibility index (Phi) is 8.15. The molecule has 1 aliphatic heterocycles. The van der Waals surface area contributed by atoms with Crippen LogP contribution in [0.5, 0.6) is 17.2 Å². The van der Waals surface area contributed by atoms with Gasteiger partial charge in [-0.25, -0.2) is 0 Å². The predicted octanol–water partition coefficient (Wildman–Crippen LogP) is 2.34. The Labute approximate surface area is 149 Å². The molecule has 0 saturated carbocycles. The number of ether oxygens (including phenoxy) is 3. The molecule has 1 aromatic carbocycles. The minimum absolute atomic E-state index is 0. The summed E-state index contributed by atoms with van der Waals surface area (Å²) in [6, 6.07) is 3.46. The molecule has 2 N–H and O–H groups in total. The first-order valence-corrected chi connectivity index (χ1v) is 7.94. The molecule has 0 aromatic heterocycles. The van der Waals surface area contributed by atoms with E-state index >= 15 is 0 Å². The highest BCUT2D eigenvalue weighted by molar-refractivity contribution is 5.98. The summed E-state index contributed by atoms with van der Waals surface area (Å²) < 4.78 is 16.0. The Balaban J connectivity index is 0.00000288. The molecule has 24 heavy (non-hydrogen) atoms. The third-order valence-corrected chi connectivity index (χ3v) is 4.32. The maximum absolute atomic E-state index is 12.9. The second kappa shape index (κ2) is 9.59. The molecule has 6 nitrogen and oxygen atoms in total. The quantitative estimate of drug-likeness (QED) is 0.844. The van der Waals surface area contributed by atoms with Crippen molar-refractivity contribution in [3.8, 4) is 17.2 Å². The highest BCUT2D eigenvalue weighted by Gasteiger charge is 2.28. The monoisotopic (exact) mass is 358 g/mol. The van der Waals surface area contributed by atoms with Gasteiger partial charge in [0.1, 0.15) is 0 Å². The number of piperidine rings is 1. The van der Waals surface area contributed by atoms with Gasteiger partial charge in [0.25, 0.3) is 5.91 Å². The molecule has 1 heterocycles. The van der Waals surface area contributed by atoms with E-state index in [0.29, 0.717) is 35.3 Å². The summed E-state index contributed by atoms with van der Waals surface area (Å²) >= 11 is 0. The molecule has 0 spiro atoms. The van der Waals surface area contributed by atoms with Gasteiger partial charge in [-0.15, -0.1) is 12.4 Å². The molecular weight excluding hydrogens is 332 g/mol. The number of carbonyl (C=O) groups excluding carboxylic acids is 1. The second-order valence-electron chi connectivity index (χ2n) is 5.72. The lowest BCUT2D eigenvalue weighted by atomic mass is 9.94. The van der Waals surface area contributed by atoms with Crippen LogP contribution in [0.25, 0.3) is 0 Å². The molecule has 1 aliphatic rings. The summed E-state index contributed by atoms with van der Waals surface area (Å²) in [4.78, 5) is 14.8. The van der Waals surface area contributed by atoms with E-state index < -0.39 is 0 Å². The summed E-state index contributed by atoms with van der Waals surface area (Å²) in [6.45, 7) is 2.16. The van der Waals surface area contributed by atoms with Crippen LogP contribution in [0, 0.1) is 5.92 Å². The Morgan fingerprint density at radius 3 is 2.50 bits per heavy atom. The molecule has 0 bridgehead atoms. The summed E-state index contributed by atoms with van der Waals surface area (Å²) in [5.41, 5.74) is 6.15. The van der Waals surface area contributed by atoms with Gasteiger partial charge in [0.2, 0.25) is 5.75 Å². The topological polar surface area (TPSA) is 74.0 Å². The van der Waals surface area contributed by atoms with Crippen molar-refractivity contribution in [3.05, 3.63) is 17.7 Å². The van der Waals surface area contributed by atoms with Crippen LogP contribution in [0.15, 0.2) is 12.1 Å². The molecule has 0 radical (unpaired) electrons. The Bertz CT molecular complexity index is 552. The highest BCUT2D eigenvalue weighted by Crippen LogP contribution is 2.40. The van der Waals surface area contributed by atoms with Gasteiger partial charge in [0, 0.05) is 13.1 Å². The molecule has 0 aliphatic carbocycles. The number of carbonyl (C=O) groups is 1. The number of likely N-dealkylation sites (tertiary alicyclic amines) is 1. The van der Waals surface area contributed by atoms with E-state index in [9.17, 15) is 4.79 Å². The third-order valence-electron chi connectivity index (χ3n) is 4.32. The smallest absolute Gasteiger partial charge is 0.257 e. The van der Waals surface area contributed by atoms with Gasteiger partial charge in [-0.05, 0) is 43.9 Å². The molecule has 1 atom stereocenters. The zero-order chi connectivity index (χ0) is 16.8. The molecule has 2 rings (SSSR count). The van der Waals surface area contributed by atoms with Crippen LogP contribution in [-0.2, 0) is 0 Å². The lowest BCUT2D eigenvalue weighted by Crippen LogP contribution is -2.40. The second-order valence-corrected chi connectivity index (χ2v) is 5.72. The SMILES string of the molecule is COc1ccc(C(=O)N2CCCC(CCN)C2)c(OC)c1OC.Cl. The van der Waals surface area contributed by atoms with Gasteiger partial charge in [-0.1, -0.05) is 0 Å². The van der Waals surface area contributed by atoms with Crippen molar-refractivity contribution in [1.82, 2.24) is 4.90 Å². The number of benzene rings is 1. The summed E-state index contributed by atoms with van der Waals surface area (Å²) in [5.74, 6) is 1.84. The van der Waals surface area contributed by atoms with E-state index in [-0.39, 0.29) is 18.3 Å². The van der Waals surface area contributed by atoms with Crippen LogP contribution in [-0.4, -0.2) is 51.8 Å². The fourth-order valence-corrected chi connectivity index (χ4v) is 3.16. The average Bonchev–Trinajstić information content (AvgIpc) is 2.60. The number of hydrogen-bond acceptors (Lipinski definition) is 5. The van der Waals surface area contributed by atoms with Crippen LogP contribution in [0.4, 0.5) is 0 Å². The summed E-state index contributed by atoms with van der Waals surface area (Å²) in [7, 11) is 4.62. The van der Waals surface area contributed by atoms with Gasteiger partial charge in [-0.3, -0.25) is 4.79 Å². The summed E-state index contributed by atoms with van der Waals surface area (Å²) in [5, 5.41) is 0. The van der Waals surface area contributed by atoms with Crippen LogP contribution in [0.3, 0.4) is 0 Å². The fourth-order valence-electron chi connectivity index (χ4n) is 3.16. The third kappa shape index (κ3) is 4.24. The van der Waals surface area contributed by atoms with E-state index in [1.165, 1.54) is 14.2 Å². The number of rotatable bonds is 6. The first-order chi connectivity index (χ1) is 11.2. The normalized spacial score (nSPS) is 17.0. The maximum Gasteiger partial charge on any atom is 0.257 e. The van der Waals surface area contributed by atoms with Crippen molar-refractivity contribution in [3.63, 3.8) is 0 Å². The van der Waals surface area contributed by atoms with Crippen LogP contribution in [0.1, 0.15) is 29.6 Å². The Morgan fingerprint density at radius 1 is 1.21 bits per heavy atom. The van der Waals surface area contributed by atoms with Gasteiger partial charge in [-0.2, -0.15) is 0 Å². The van der Waals surface area contributed by atoms with Crippen molar-refractivity contribution in [2.24, 2.45) is 11.7 Å². The van der Waals surface area contributed by atoms with E-state index in [0.717, 1.165) is 32.4 Å². The standard InChI is InChI=1S/C17H26N2O4.ClH/c1-21-14-7-6-13(15(22-2)16(14)23-3)17(20)19-10-4-5-12(11-19)8-9-18;/h6-7,12H,4-5,8-11,18H2,1-3H3;1H. The number of halogens is 1. The van der Waals surface area contributed by atoms with Gasteiger partial charge in [0.05, 0.1) is 26.9 Å². The predicted molar refractivity (Wildman–Crippen MR) is 95.6 cm³/mol. The number of hydrogen-bond donors (Lipinski definition) is 1. The average molecular weight is 359 g/mol. The van der Waals surface area contributed by atoms with Crippen molar-refractivity contribution >= 4 is 18.3 Å². The Morgan fingerprint density at radius 2 is 1.92 bits per heavy atom.